The van der Waals surface area contributed by atoms with Crippen LogP contribution in [0.15, 0.2) is 60.8 Å². The minimum absolute atomic E-state index is 0. The van der Waals surface area contributed by atoms with Gasteiger partial charge in [0.05, 0.1) is 17.6 Å². The summed E-state index contributed by atoms with van der Waals surface area (Å²) in [6.07, 6.45) is 10.6. The highest BCUT2D eigenvalue weighted by Crippen LogP contribution is 2.20. The zero-order valence-corrected chi connectivity index (χ0v) is 18.3. The Balaban J connectivity index is -0.000000403. The summed E-state index contributed by atoms with van der Waals surface area (Å²) in [5.41, 5.74) is 8.26. The van der Waals surface area contributed by atoms with E-state index in [-0.39, 0.29) is 24.2 Å². The molecule has 0 unspecified atom stereocenters. The quantitative estimate of drug-likeness (QED) is 0.546. The van der Waals surface area contributed by atoms with Crippen molar-refractivity contribution in [3.05, 3.63) is 77.7 Å². The van der Waals surface area contributed by atoms with Crippen LogP contribution in [0, 0.1) is 6.92 Å². The van der Waals surface area contributed by atoms with Crippen molar-refractivity contribution >= 4 is 17.5 Å². The summed E-state index contributed by atoms with van der Waals surface area (Å²) in [4.78, 5) is 32.5. The van der Waals surface area contributed by atoms with Crippen LogP contribution >= 0.6 is 0 Å². The first-order valence-corrected chi connectivity index (χ1v) is 10.6. The fourth-order valence-corrected chi connectivity index (χ4v) is 3.41. The summed E-state index contributed by atoms with van der Waals surface area (Å²) >= 11 is 0. The Bertz CT molecular complexity index is 1040. The number of hydrogen-bond donors (Lipinski definition) is 2. The Hall–Kier alpha value is -3.58. The molecule has 5 N–H and O–H groups in total. The van der Waals surface area contributed by atoms with E-state index in [2.05, 4.69) is 15.3 Å². The highest BCUT2D eigenvalue weighted by Gasteiger charge is 2.14. The molecule has 2 aromatic carbocycles. The van der Waals surface area contributed by atoms with Crippen molar-refractivity contribution in [2.24, 2.45) is 5.73 Å². The van der Waals surface area contributed by atoms with E-state index in [0.717, 1.165) is 0 Å². The number of nitrogens with one attached hydrogen (secondary N) is 1. The monoisotopic (exact) mass is 444 g/mol. The molecule has 1 aromatic heterocycles. The topological polar surface area (TPSA) is 129 Å². The number of carbonyl (C=O) groups excluding carboxylic acids is 2. The number of benzene rings is 2. The van der Waals surface area contributed by atoms with Gasteiger partial charge in [-0.1, -0.05) is 68.9 Å². The lowest BCUT2D eigenvalue weighted by molar-refractivity contribution is 0.0996. The second-order valence-corrected chi connectivity index (χ2v) is 7.58. The van der Waals surface area contributed by atoms with Crippen LogP contribution in [0.2, 0.25) is 0 Å². The van der Waals surface area contributed by atoms with Crippen molar-refractivity contribution < 1.29 is 22.2 Å². The normalized spacial score (nSPS) is 12.5. The molecule has 0 radical (unpaired) electrons. The van der Waals surface area contributed by atoms with Crippen LogP contribution in [0.1, 0.15) is 72.2 Å². The van der Waals surface area contributed by atoms with Gasteiger partial charge >= 0.3 is 0 Å². The van der Waals surface area contributed by atoms with Gasteiger partial charge < -0.3 is 16.5 Å². The average Bonchev–Trinajstić information content (AvgIpc) is 2.81. The second-order valence-electron chi connectivity index (χ2n) is 7.58. The largest absolute Gasteiger partial charge is 0.412 e. The molecular formula is C25H40N4O3. The molecular weight excluding hydrogens is 404 g/mol. The number of hydrogen-bond acceptors (Lipinski definition) is 4. The first kappa shape index (κ1) is 24.7. The number of aromatic nitrogens is 2. The van der Waals surface area contributed by atoms with Crippen molar-refractivity contribution in [3.63, 3.8) is 0 Å². The Morgan fingerprint density at radius 2 is 1.56 bits per heavy atom. The fraction of sp³-hybridized carbons (Fsp3) is 0.280. The maximum atomic E-state index is 12.5. The molecule has 1 aliphatic carbocycles. The van der Waals surface area contributed by atoms with E-state index in [1.165, 1.54) is 38.5 Å². The Labute approximate surface area is 195 Å². The standard InChI is InChI=1S/C19H16N4O2.C6H12.H2O.5H2/c1-12-17(19(25)22-15-8-3-2-4-9-15)23-16(11-21-12)13-6-5-7-14(10-13)18(20)24;1-2-4-6-5-3-1;;;;;;/h2-11H,1H3,(H2,20,24)(H,22,25);1-6H2;1H2;5*1H. The van der Waals surface area contributed by atoms with Gasteiger partial charge in [-0.05, 0) is 31.2 Å². The molecule has 2 amide bonds. The molecule has 0 saturated heterocycles. The van der Waals surface area contributed by atoms with Gasteiger partial charge in [-0.3, -0.25) is 14.6 Å². The van der Waals surface area contributed by atoms with E-state index in [0.29, 0.717) is 28.2 Å². The van der Waals surface area contributed by atoms with Gasteiger partial charge in [-0.25, -0.2) is 4.98 Å². The van der Waals surface area contributed by atoms with Gasteiger partial charge in [-0.2, -0.15) is 0 Å². The van der Waals surface area contributed by atoms with Crippen molar-refractivity contribution in [2.45, 2.75) is 45.4 Å². The summed E-state index contributed by atoms with van der Waals surface area (Å²) in [5, 5.41) is 2.79. The van der Waals surface area contributed by atoms with E-state index in [1.54, 1.807) is 49.5 Å². The molecule has 0 spiro atoms. The fourth-order valence-electron chi connectivity index (χ4n) is 3.41. The molecule has 7 heteroatoms. The van der Waals surface area contributed by atoms with Crippen LogP contribution in [0.3, 0.4) is 0 Å². The van der Waals surface area contributed by atoms with Gasteiger partial charge in [0.1, 0.15) is 5.69 Å². The smallest absolute Gasteiger partial charge is 0.276 e. The van der Waals surface area contributed by atoms with Crippen LogP contribution in [0.4, 0.5) is 5.69 Å². The number of para-hydroxylation sites is 1. The van der Waals surface area contributed by atoms with Gasteiger partial charge in [0.2, 0.25) is 5.91 Å². The van der Waals surface area contributed by atoms with Gasteiger partial charge in [0.25, 0.3) is 5.91 Å². The van der Waals surface area contributed by atoms with E-state index >= 15 is 0 Å². The number of nitrogens with zero attached hydrogens (tertiary/aromatic N) is 2. The zero-order valence-electron chi connectivity index (χ0n) is 18.3. The number of amides is 2. The lowest BCUT2D eigenvalue weighted by atomic mass is 10.0. The maximum absolute atomic E-state index is 12.5. The van der Waals surface area contributed by atoms with Crippen LogP contribution in [-0.4, -0.2) is 27.3 Å². The molecule has 4 rings (SSSR count). The van der Waals surface area contributed by atoms with Crippen LogP contribution < -0.4 is 11.1 Å². The number of aryl methyl sites for hydroxylation is 1. The van der Waals surface area contributed by atoms with E-state index in [9.17, 15) is 9.59 Å². The van der Waals surface area contributed by atoms with Crippen molar-refractivity contribution in [3.8, 4) is 11.3 Å². The summed E-state index contributed by atoms with van der Waals surface area (Å²) < 4.78 is 0. The second kappa shape index (κ2) is 12.3. The zero-order chi connectivity index (χ0) is 22.1. The minimum atomic E-state index is -0.524. The predicted molar refractivity (Wildman–Crippen MR) is 137 cm³/mol. The van der Waals surface area contributed by atoms with Crippen molar-refractivity contribution in [2.75, 3.05) is 5.32 Å². The molecule has 32 heavy (non-hydrogen) atoms. The number of nitrogens with two attached hydrogens (primary N) is 1. The third kappa shape index (κ3) is 6.99. The summed E-state index contributed by atoms with van der Waals surface area (Å²) in [6.45, 7) is 1.72. The SMILES string of the molecule is C1CCCCC1.Cc1ncc(-c2cccc(C(N)=O)c2)nc1C(=O)Nc1ccccc1.O.[HH].[HH].[HH].[HH].[HH]. The maximum Gasteiger partial charge on any atom is 0.276 e. The Morgan fingerprint density at radius 1 is 0.938 bits per heavy atom. The first-order valence-electron chi connectivity index (χ1n) is 10.6. The number of primary amides is 1. The highest BCUT2D eigenvalue weighted by atomic mass is 16.2. The summed E-state index contributed by atoms with van der Waals surface area (Å²) in [6, 6.07) is 15.9. The summed E-state index contributed by atoms with van der Waals surface area (Å²) in [7, 11) is 0. The Morgan fingerprint density at radius 3 is 2.16 bits per heavy atom. The summed E-state index contributed by atoms with van der Waals surface area (Å²) in [5.74, 6) is -0.868. The predicted octanol–water partition coefficient (Wildman–Crippen LogP) is 5.55. The van der Waals surface area contributed by atoms with Crippen LogP contribution in [0.5, 0.6) is 0 Å². The van der Waals surface area contributed by atoms with Gasteiger partial charge in [0, 0.05) is 23.9 Å². The molecule has 7 nitrogen and oxygen atoms in total. The van der Waals surface area contributed by atoms with Gasteiger partial charge in [0.15, 0.2) is 0 Å². The molecule has 178 valence electrons. The number of anilines is 1. The van der Waals surface area contributed by atoms with Crippen LogP contribution in [-0.2, 0) is 0 Å². The Kier molecular flexibility index (Phi) is 9.50. The number of rotatable bonds is 4. The minimum Gasteiger partial charge on any atom is -0.412 e. The lowest BCUT2D eigenvalue weighted by Gasteiger charge is -2.09. The molecule has 1 fully saturated rings. The van der Waals surface area contributed by atoms with Crippen molar-refractivity contribution in [1.82, 2.24) is 9.97 Å². The lowest BCUT2D eigenvalue weighted by Crippen LogP contribution is -2.16. The van der Waals surface area contributed by atoms with E-state index < -0.39 is 5.91 Å². The highest BCUT2D eigenvalue weighted by molar-refractivity contribution is 6.03. The molecule has 0 atom stereocenters. The molecule has 1 saturated carbocycles. The van der Waals surface area contributed by atoms with E-state index in [1.807, 2.05) is 18.2 Å². The molecule has 3 aromatic rings. The van der Waals surface area contributed by atoms with Gasteiger partial charge in [-0.15, -0.1) is 0 Å². The molecule has 1 aliphatic rings. The molecule has 0 bridgehead atoms. The number of carbonyl (C=O) groups is 2. The van der Waals surface area contributed by atoms with Crippen LogP contribution in [0.25, 0.3) is 11.3 Å². The third-order valence-electron chi connectivity index (χ3n) is 5.15. The van der Waals surface area contributed by atoms with E-state index in [4.69, 9.17) is 5.73 Å². The molecule has 1 heterocycles. The first-order chi connectivity index (χ1) is 15.0. The third-order valence-corrected chi connectivity index (χ3v) is 5.15. The average molecular weight is 445 g/mol. The van der Waals surface area contributed by atoms with Crippen molar-refractivity contribution in [1.29, 1.82) is 0 Å². The molecule has 0 aliphatic heterocycles.